The van der Waals surface area contributed by atoms with Crippen molar-refractivity contribution in [2.24, 2.45) is 11.1 Å². The van der Waals surface area contributed by atoms with Gasteiger partial charge in [0.1, 0.15) is 0 Å². The maximum Gasteiger partial charge on any atom is 0.278 e. The van der Waals surface area contributed by atoms with E-state index in [1.165, 1.54) is 6.20 Å². The number of aliphatic hydroxyl groups excluding tert-OH is 1. The lowest BCUT2D eigenvalue weighted by molar-refractivity contribution is -0.167. The van der Waals surface area contributed by atoms with Crippen LogP contribution in [0.3, 0.4) is 0 Å². The Morgan fingerprint density at radius 3 is 2.62 bits per heavy atom. The summed E-state index contributed by atoms with van der Waals surface area (Å²) in [6.45, 7) is 5.98. The van der Waals surface area contributed by atoms with E-state index in [0.29, 0.717) is 23.4 Å². The fourth-order valence-corrected chi connectivity index (χ4v) is 4.13. The number of amides is 1. The predicted molar refractivity (Wildman–Crippen MR) is 130 cm³/mol. The molecule has 1 aromatic carbocycles. The van der Waals surface area contributed by atoms with Crippen molar-refractivity contribution in [1.29, 1.82) is 0 Å². The maximum absolute atomic E-state index is 13.2. The van der Waals surface area contributed by atoms with Gasteiger partial charge in [0, 0.05) is 23.4 Å². The van der Waals surface area contributed by atoms with E-state index in [9.17, 15) is 9.90 Å². The van der Waals surface area contributed by atoms with Gasteiger partial charge in [-0.05, 0) is 17.9 Å². The van der Waals surface area contributed by atoms with Crippen molar-refractivity contribution in [2.75, 3.05) is 11.1 Å². The molecule has 0 spiro atoms. The normalized spacial score (nSPS) is 22.9. The minimum absolute atomic E-state index is 0.0143. The van der Waals surface area contributed by atoms with Crippen molar-refractivity contribution in [3.8, 4) is 11.3 Å². The van der Waals surface area contributed by atoms with E-state index < -0.39 is 30.3 Å². The van der Waals surface area contributed by atoms with E-state index >= 15 is 0 Å². The highest BCUT2D eigenvalue weighted by Gasteiger charge is 2.43. The summed E-state index contributed by atoms with van der Waals surface area (Å²) in [5, 5.41) is 13.4. The molecule has 1 fully saturated rings. The van der Waals surface area contributed by atoms with Crippen LogP contribution in [0, 0.1) is 5.41 Å². The summed E-state index contributed by atoms with van der Waals surface area (Å²) >= 11 is 0. The lowest BCUT2D eigenvalue weighted by Crippen LogP contribution is -2.54. The molecule has 1 amide bonds. The Bertz CT molecular complexity index is 1160. The molecule has 34 heavy (non-hydrogen) atoms. The third-order valence-corrected chi connectivity index (χ3v) is 5.93. The van der Waals surface area contributed by atoms with E-state index in [1.807, 2.05) is 51.1 Å². The largest absolute Gasteiger partial charge is 0.389 e. The highest BCUT2D eigenvalue weighted by molar-refractivity contribution is 6.06. The number of aliphatic hydroxyl groups is 1. The molecule has 9 heteroatoms. The Hall–Kier alpha value is -3.40. The van der Waals surface area contributed by atoms with Crippen molar-refractivity contribution in [3.05, 3.63) is 66.2 Å². The summed E-state index contributed by atoms with van der Waals surface area (Å²) in [5.41, 5.74) is 14.5. The Balaban J connectivity index is 1.61. The van der Waals surface area contributed by atoms with Crippen molar-refractivity contribution in [2.45, 2.75) is 51.5 Å². The number of hydrogen-bond acceptors (Lipinski definition) is 8. The second-order valence-electron chi connectivity index (χ2n) is 9.57. The highest BCUT2D eigenvalue weighted by Crippen LogP contribution is 2.40. The predicted octanol–water partition coefficient (Wildman–Crippen LogP) is 2.94. The Kier molecular flexibility index (Phi) is 6.60. The van der Waals surface area contributed by atoms with E-state index in [-0.39, 0.29) is 16.9 Å². The first kappa shape index (κ1) is 23.7. The van der Waals surface area contributed by atoms with Crippen molar-refractivity contribution < 1.29 is 14.6 Å². The molecular formula is C25H30N6O3. The molecular weight excluding hydrogens is 432 g/mol. The van der Waals surface area contributed by atoms with Crippen LogP contribution >= 0.6 is 0 Å². The highest BCUT2D eigenvalue weighted by atomic mass is 16.5. The Morgan fingerprint density at radius 1 is 1.18 bits per heavy atom. The minimum atomic E-state index is -0.785. The standard InChI is InChI=1S/C25H30N6O3/c1-25(2,3)22-21(32)16(26)11-19(34-22)15-9-10-28-12-18(15)31-24(33)20-23(27)29-13-17(30-20)14-7-5-4-6-8-14/h4-10,12-13,16,19,21-22,32H,11,26H2,1-3H3,(H2,27,29)(H,31,33)/t16-,19-,21+,22+/m1/s1. The number of nitrogens with zero attached hydrogens (tertiary/aromatic N) is 3. The number of nitrogens with one attached hydrogen (secondary N) is 1. The summed E-state index contributed by atoms with van der Waals surface area (Å²) in [4.78, 5) is 25.9. The molecule has 0 saturated carbocycles. The minimum Gasteiger partial charge on any atom is -0.389 e. The molecule has 6 N–H and O–H groups in total. The number of aromatic nitrogens is 3. The molecule has 2 aromatic heterocycles. The van der Waals surface area contributed by atoms with Crippen molar-refractivity contribution >= 4 is 17.4 Å². The monoisotopic (exact) mass is 462 g/mol. The summed E-state index contributed by atoms with van der Waals surface area (Å²) in [5.74, 6) is -0.487. The van der Waals surface area contributed by atoms with Crippen LogP contribution in [0.2, 0.25) is 0 Å². The van der Waals surface area contributed by atoms with Crippen LogP contribution in [-0.2, 0) is 4.74 Å². The zero-order valence-corrected chi connectivity index (χ0v) is 19.5. The van der Waals surface area contributed by atoms with Gasteiger partial charge in [0.15, 0.2) is 11.5 Å². The molecule has 4 atom stereocenters. The quantitative estimate of drug-likeness (QED) is 0.462. The van der Waals surface area contributed by atoms with Gasteiger partial charge in [0.05, 0.1) is 42.1 Å². The van der Waals surface area contributed by atoms with E-state index in [1.54, 1.807) is 18.5 Å². The number of rotatable bonds is 4. The molecule has 1 aliphatic heterocycles. The summed E-state index contributed by atoms with van der Waals surface area (Å²) in [6, 6.07) is 10.7. The fraction of sp³-hybridized carbons (Fsp3) is 0.360. The third-order valence-electron chi connectivity index (χ3n) is 5.93. The van der Waals surface area contributed by atoms with E-state index in [4.69, 9.17) is 16.2 Å². The number of benzene rings is 1. The number of anilines is 2. The number of hydrogen-bond donors (Lipinski definition) is 4. The van der Waals surface area contributed by atoms with Gasteiger partial charge in [0.2, 0.25) is 0 Å². The molecule has 4 rings (SSSR count). The number of nitrogen functional groups attached to an aromatic ring is 1. The van der Waals surface area contributed by atoms with Gasteiger partial charge in [-0.1, -0.05) is 51.1 Å². The van der Waals surface area contributed by atoms with Gasteiger partial charge < -0.3 is 26.6 Å². The average molecular weight is 463 g/mol. The molecule has 0 unspecified atom stereocenters. The lowest BCUT2D eigenvalue weighted by Gasteiger charge is -2.44. The first-order valence-electron chi connectivity index (χ1n) is 11.2. The molecule has 3 aromatic rings. The second kappa shape index (κ2) is 9.46. The summed E-state index contributed by atoms with van der Waals surface area (Å²) in [7, 11) is 0. The summed E-state index contributed by atoms with van der Waals surface area (Å²) in [6.07, 6.45) is 3.41. The van der Waals surface area contributed by atoms with Crippen LogP contribution in [0.1, 0.15) is 49.3 Å². The lowest BCUT2D eigenvalue weighted by atomic mass is 9.79. The molecule has 0 aliphatic carbocycles. The number of ether oxygens (including phenoxy) is 1. The van der Waals surface area contributed by atoms with Gasteiger partial charge in [0.25, 0.3) is 5.91 Å². The molecule has 3 heterocycles. The van der Waals surface area contributed by atoms with E-state index in [0.717, 1.165) is 5.56 Å². The Morgan fingerprint density at radius 2 is 1.91 bits per heavy atom. The zero-order chi connectivity index (χ0) is 24.5. The maximum atomic E-state index is 13.2. The van der Waals surface area contributed by atoms with Crippen LogP contribution in [0.4, 0.5) is 11.5 Å². The van der Waals surface area contributed by atoms with Gasteiger partial charge in [-0.3, -0.25) is 9.78 Å². The second-order valence-corrected chi connectivity index (χ2v) is 9.57. The van der Waals surface area contributed by atoms with Crippen LogP contribution in [0.25, 0.3) is 11.3 Å². The number of pyridine rings is 1. The van der Waals surface area contributed by atoms with E-state index in [2.05, 4.69) is 20.3 Å². The number of nitrogens with two attached hydrogens (primary N) is 2. The van der Waals surface area contributed by atoms with Crippen molar-refractivity contribution in [3.63, 3.8) is 0 Å². The molecule has 0 radical (unpaired) electrons. The first-order chi connectivity index (χ1) is 16.1. The Labute approximate surface area is 198 Å². The van der Waals surface area contributed by atoms with Crippen LogP contribution < -0.4 is 16.8 Å². The molecule has 178 valence electrons. The smallest absolute Gasteiger partial charge is 0.278 e. The van der Waals surface area contributed by atoms with Gasteiger partial charge in [-0.15, -0.1) is 0 Å². The SMILES string of the molecule is CC(C)(C)[C@H]1O[C@@H](c2ccncc2NC(=O)c2nc(-c3ccccc3)cnc2N)C[C@@H](N)[C@@H]1O. The topological polar surface area (TPSA) is 149 Å². The molecule has 1 aliphatic rings. The zero-order valence-electron chi connectivity index (χ0n) is 19.5. The van der Waals surface area contributed by atoms with Crippen LogP contribution in [0.5, 0.6) is 0 Å². The molecule has 9 nitrogen and oxygen atoms in total. The first-order valence-corrected chi connectivity index (χ1v) is 11.2. The average Bonchev–Trinajstić information content (AvgIpc) is 2.81. The molecule has 1 saturated heterocycles. The van der Waals surface area contributed by atoms with Gasteiger partial charge in [-0.2, -0.15) is 0 Å². The van der Waals surface area contributed by atoms with Crippen LogP contribution in [-0.4, -0.2) is 44.2 Å². The fourth-order valence-electron chi connectivity index (χ4n) is 4.13. The molecule has 0 bridgehead atoms. The third kappa shape index (κ3) is 4.91. The number of carbonyl (C=O) groups is 1. The van der Waals surface area contributed by atoms with Crippen molar-refractivity contribution in [1.82, 2.24) is 15.0 Å². The van der Waals surface area contributed by atoms with Crippen LogP contribution in [0.15, 0.2) is 55.0 Å². The number of carbonyl (C=O) groups excluding carboxylic acids is 1. The van der Waals surface area contributed by atoms with Gasteiger partial charge in [-0.25, -0.2) is 9.97 Å². The van der Waals surface area contributed by atoms with Gasteiger partial charge >= 0.3 is 0 Å². The summed E-state index contributed by atoms with van der Waals surface area (Å²) < 4.78 is 6.29.